The van der Waals surface area contributed by atoms with Crippen molar-refractivity contribution in [1.29, 1.82) is 0 Å². The van der Waals surface area contributed by atoms with Crippen LogP contribution < -0.4 is 15.4 Å². The Labute approximate surface area is 143 Å². The first-order valence-electron chi connectivity index (χ1n) is 8.37. The fraction of sp³-hybridized carbons (Fsp3) is 0.444. The first-order chi connectivity index (χ1) is 11.8. The molecule has 1 aromatic carbocycles. The summed E-state index contributed by atoms with van der Waals surface area (Å²) in [7, 11) is 1.75. The molecule has 0 atom stereocenters. The number of nitrogens with one attached hydrogen (secondary N) is 2. The Morgan fingerprint density at radius 1 is 1.17 bits per heavy atom. The Morgan fingerprint density at radius 3 is 2.62 bits per heavy atom. The SMILES string of the molecule is CCc1noc(CC)c1CNC(=NC)NCCOc1ccccc1. The molecule has 130 valence electrons. The van der Waals surface area contributed by atoms with Crippen LogP contribution in [0, 0.1) is 0 Å². The van der Waals surface area contributed by atoms with Crippen LogP contribution in [0.4, 0.5) is 0 Å². The Hall–Kier alpha value is -2.50. The van der Waals surface area contributed by atoms with Gasteiger partial charge in [0, 0.05) is 25.6 Å². The van der Waals surface area contributed by atoms with Gasteiger partial charge in [0.15, 0.2) is 5.96 Å². The van der Waals surface area contributed by atoms with Crippen molar-refractivity contribution >= 4 is 5.96 Å². The van der Waals surface area contributed by atoms with Gasteiger partial charge in [-0.3, -0.25) is 4.99 Å². The minimum atomic E-state index is 0.568. The minimum absolute atomic E-state index is 0.568. The fourth-order valence-electron chi connectivity index (χ4n) is 2.39. The van der Waals surface area contributed by atoms with Gasteiger partial charge in [-0.2, -0.15) is 0 Å². The molecule has 6 nitrogen and oxygen atoms in total. The van der Waals surface area contributed by atoms with E-state index >= 15 is 0 Å². The van der Waals surface area contributed by atoms with E-state index in [-0.39, 0.29) is 0 Å². The van der Waals surface area contributed by atoms with Crippen molar-refractivity contribution in [3.8, 4) is 5.75 Å². The van der Waals surface area contributed by atoms with Crippen LogP contribution >= 0.6 is 0 Å². The number of aromatic nitrogens is 1. The van der Waals surface area contributed by atoms with Crippen molar-refractivity contribution < 1.29 is 9.26 Å². The largest absolute Gasteiger partial charge is 0.492 e. The van der Waals surface area contributed by atoms with Crippen LogP contribution in [0.5, 0.6) is 5.75 Å². The van der Waals surface area contributed by atoms with Crippen LogP contribution in [-0.4, -0.2) is 31.3 Å². The van der Waals surface area contributed by atoms with E-state index in [2.05, 4.69) is 34.6 Å². The molecule has 0 saturated carbocycles. The molecule has 0 bridgehead atoms. The fourth-order valence-corrected chi connectivity index (χ4v) is 2.39. The second-order valence-corrected chi connectivity index (χ2v) is 5.25. The molecule has 0 aliphatic carbocycles. The minimum Gasteiger partial charge on any atom is -0.492 e. The van der Waals surface area contributed by atoms with E-state index in [1.807, 2.05) is 30.3 Å². The van der Waals surface area contributed by atoms with Crippen LogP contribution in [-0.2, 0) is 19.4 Å². The second-order valence-electron chi connectivity index (χ2n) is 5.25. The Bertz CT molecular complexity index is 616. The van der Waals surface area contributed by atoms with Crippen molar-refractivity contribution in [3.63, 3.8) is 0 Å². The Morgan fingerprint density at radius 2 is 1.96 bits per heavy atom. The molecule has 24 heavy (non-hydrogen) atoms. The summed E-state index contributed by atoms with van der Waals surface area (Å²) in [5.74, 6) is 2.53. The molecule has 1 heterocycles. The van der Waals surface area contributed by atoms with E-state index in [4.69, 9.17) is 9.26 Å². The highest BCUT2D eigenvalue weighted by molar-refractivity contribution is 5.79. The van der Waals surface area contributed by atoms with Crippen LogP contribution in [0.3, 0.4) is 0 Å². The molecule has 1 aromatic heterocycles. The summed E-state index contributed by atoms with van der Waals surface area (Å²) >= 11 is 0. The highest BCUT2D eigenvalue weighted by Crippen LogP contribution is 2.15. The molecule has 6 heteroatoms. The topological polar surface area (TPSA) is 71.7 Å². The lowest BCUT2D eigenvalue weighted by molar-refractivity contribution is 0.322. The monoisotopic (exact) mass is 330 g/mol. The molecular weight excluding hydrogens is 304 g/mol. The predicted molar refractivity (Wildman–Crippen MR) is 95.4 cm³/mol. The summed E-state index contributed by atoms with van der Waals surface area (Å²) in [6.07, 6.45) is 1.69. The Kier molecular flexibility index (Phi) is 7.14. The molecule has 2 rings (SSSR count). The van der Waals surface area contributed by atoms with E-state index < -0.39 is 0 Å². The quantitative estimate of drug-likeness (QED) is 0.442. The molecular formula is C18H26N4O2. The summed E-state index contributed by atoms with van der Waals surface area (Å²) in [5, 5.41) is 10.7. The third-order valence-electron chi connectivity index (χ3n) is 3.67. The van der Waals surface area contributed by atoms with Crippen molar-refractivity contribution in [3.05, 3.63) is 47.3 Å². The van der Waals surface area contributed by atoms with Gasteiger partial charge in [-0.25, -0.2) is 0 Å². The van der Waals surface area contributed by atoms with Gasteiger partial charge < -0.3 is 19.9 Å². The maximum Gasteiger partial charge on any atom is 0.191 e. The van der Waals surface area contributed by atoms with Crippen LogP contribution in [0.25, 0.3) is 0 Å². The number of aliphatic imine (C=N–C) groups is 1. The number of rotatable bonds is 8. The maximum atomic E-state index is 5.65. The van der Waals surface area contributed by atoms with Gasteiger partial charge in [0.2, 0.25) is 0 Å². The normalized spacial score (nSPS) is 11.4. The summed E-state index contributed by atoms with van der Waals surface area (Å²) in [6, 6.07) is 9.77. The zero-order valence-electron chi connectivity index (χ0n) is 14.6. The van der Waals surface area contributed by atoms with Crippen molar-refractivity contribution in [2.24, 2.45) is 4.99 Å². The zero-order valence-corrected chi connectivity index (χ0v) is 14.6. The van der Waals surface area contributed by atoms with E-state index in [9.17, 15) is 0 Å². The molecule has 0 aliphatic rings. The van der Waals surface area contributed by atoms with Gasteiger partial charge >= 0.3 is 0 Å². The average Bonchev–Trinajstić information content (AvgIpc) is 3.04. The van der Waals surface area contributed by atoms with E-state index in [1.165, 1.54) is 0 Å². The van der Waals surface area contributed by atoms with Crippen LogP contribution in [0.15, 0.2) is 39.8 Å². The lowest BCUT2D eigenvalue weighted by atomic mass is 10.1. The Balaban J connectivity index is 1.77. The number of guanidine groups is 1. The number of benzene rings is 1. The predicted octanol–water partition coefficient (Wildman–Crippen LogP) is 2.54. The van der Waals surface area contributed by atoms with Gasteiger partial charge in [-0.1, -0.05) is 37.2 Å². The van der Waals surface area contributed by atoms with Crippen molar-refractivity contribution in [2.75, 3.05) is 20.2 Å². The summed E-state index contributed by atoms with van der Waals surface area (Å²) < 4.78 is 11.0. The highest BCUT2D eigenvalue weighted by atomic mass is 16.5. The maximum absolute atomic E-state index is 5.65. The van der Waals surface area contributed by atoms with E-state index in [0.29, 0.717) is 19.7 Å². The number of nitrogens with zero attached hydrogens (tertiary/aromatic N) is 2. The van der Waals surface area contributed by atoms with Gasteiger partial charge in [0.1, 0.15) is 18.1 Å². The number of ether oxygens (including phenoxy) is 1. The molecule has 0 aliphatic heterocycles. The summed E-state index contributed by atoms with van der Waals surface area (Å²) in [5.41, 5.74) is 2.13. The number of hydrogen-bond acceptors (Lipinski definition) is 4. The molecule has 0 amide bonds. The van der Waals surface area contributed by atoms with Crippen LogP contribution in [0.2, 0.25) is 0 Å². The van der Waals surface area contributed by atoms with E-state index in [1.54, 1.807) is 7.05 Å². The third-order valence-corrected chi connectivity index (χ3v) is 3.67. The van der Waals surface area contributed by atoms with Gasteiger partial charge in [0.25, 0.3) is 0 Å². The molecule has 0 saturated heterocycles. The smallest absolute Gasteiger partial charge is 0.191 e. The van der Waals surface area contributed by atoms with Crippen LogP contribution in [0.1, 0.15) is 30.9 Å². The zero-order chi connectivity index (χ0) is 17.2. The average molecular weight is 330 g/mol. The van der Waals surface area contributed by atoms with E-state index in [0.717, 1.165) is 41.6 Å². The van der Waals surface area contributed by atoms with Gasteiger partial charge in [0.05, 0.1) is 12.2 Å². The van der Waals surface area contributed by atoms with Gasteiger partial charge in [-0.05, 0) is 18.6 Å². The molecule has 0 unspecified atom stereocenters. The highest BCUT2D eigenvalue weighted by Gasteiger charge is 2.13. The molecule has 0 spiro atoms. The molecule has 0 radical (unpaired) electrons. The molecule has 2 N–H and O–H groups in total. The summed E-state index contributed by atoms with van der Waals surface area (Å²) in [6.45, 7) is 6.03. The standard InChI is InChI=1S/C18H26N4O2/c1-4-16-15(17(5-2)24-22-16)13-21-18(19-3)20-11-12-23-14-9-7-6-8-10-14/h6-10H,4-5,11-13H2,1-3H3,(H2,19,20,21). The third kappa shape index (κ3) is 5.01. The number of aryl methyl sites for hydroxylation is 2. The lowest BCUT2D eigenvalue weighted by Crippen LogP contribution is -2.39. The number of para-hydroxylation sites is 1. The lowest BCUT2D eigenvalue weighted by Gasteiger charge is -2.12. The first kappa shape index (κ1) is 17.8. The summed E-state index contributed by atoms with van der Waals surface area (Å²) in [4.78, 5) is 4.23. The first-order valence-corrected chi connectivity index (χ1v) is 8.37. The van der Waals surface area contributed by atoms with Gasteiger partial charge in [-0.15, -0.1) is 0 Å². The second kappa shape index (κ2) is 9.60. The van der Waals surface area contributed by atoms with Crippen molar-refractivity contribution in [2.45, 2.75) is 33.2 Å². The van der Waals surface area contributed by atoms with Crippen molar-refractivity contribution in [1.82, 2.24) is 15.8 Å². The molecule has 0 fully saturated rings. The molecule has 2 aromatic rings. The number of hydrogen-bond donors (Lipinski definition) is 2.